The molecule has 1 aromatic carbocycles. The van der Waals surface area contributed by atoms with Gasteiger partial charge in [0.1, 0.15) is 11.6 Å². The normalized spacial score (nSPS) is 10.8. The van der Waals surface area contributed by atoms with E-state index in [9.17, 15) is 17.6 Å². The van der Waals surface area contributed by atoms with Crippen LogP contribution in [0.1, 0.15) is 12.0 Å². The lowest BCUT2D eigenvalue weighted by Gasteiger charge is -2.04. The fourth-order valence-corrected chi connectivity index (χ4v) is 1.24. The summed E-state index contributed by atoms with van der Waals surface area (Å²) in [5, 5.41) is 0. The van der Waals surface area contributed by atoms with Gasteiger partial charge in [-0.25, -0.2) is 17.6 Å². The van der Waals surface area contributed by atoms with E-state index in [0.29, 0.717) is 6.07 Å². The third-order valence-electron chi connectivity index (χ3n) is 1.30. The van der Waals surface area contributed by atoms with Gasteiger partial charge in [-0.1, -0.05) is 0 Å². The van der Waals surface area contributed by atoms with Crippen molar-refractivity contribution in [3.05, 3.63) is 33.8 Å². The second kappa shape index (κ2) is 3.43. The predicted molar refractivity (Wildman–Crippen MR) is 39.0 cm³/mol. The van der Waals surface area contributed by atoms with Crippen LogP contribution in [0, 0.1) is 11.6 Å². The molecule has 0 aliphatic heterocycles. The molecule has 5 heteroatoms. The molecule has 0 bridgehead atoms. The van der Waals surface area contributed by atoms with E-state index in [1.54, 1.807) is 0 Å². The minimum Gasteiger partial charge on any atom is -0.206 e. The first-order chi connectivity index (χ1) is 5.54. The van der Waals surface area contributed by atoms with Crippen molar-refractivity contribution in [2.45, 2.75) is 6.43 Å². The molecule has 0 N–H and O–H groups in total. The highest BCUT2D eigenvalue weighted by atomic mass is 79.9. The minimum absolute atomic E-state index is 0.516. The molecule has 0 aliphatic rings. The van der Waals surface area contributed by atoms with Gasteiger partial charge in [0, 0.05) is 0 Å². The third-order valence-corrected chi connectivity index (χ3v) is 2.10. The smallest absolute Gasteiger partial charge is 0.206 e. The summed E-state index contributed by atoms with van der Waals surface area (Å²) in [5.41, 5.74) is -0.935. The average Bonchev–Trinajstić information content (AvgIpc) is 1.97. The van der Waals surface area contributed by atoms with Crippen LogP contribution >= 0.6 is 15.9 Å². The van der Waals surface area contributed by atoms with Crippen molar-refractivity contribution >= 4 is 15.9 Å². The summed E-state index contributed by atoms with van der Waals surface area (Å²) in [6.07, 6.45) is -3.02. The van der Waals surface area contributed by atoms with E-state index in [4.69, 9.17) is 0 Å². The van der Waals surface area contributed by atoms with Crippen molar-refractivity contribution in [3.8, 4) is 0 Å². The maximum Gasteiger partial charge on any atom is 0.267 e. The molecule has 0 saturated heterocycles. The SMILES string of the molecule is Fc1ccc(F)c(C(F)F)c1Br. The van der Waals surface area contributed by atoms with Crippen LogP contribution in [0.2, 0.25) is 0 Å². The zero-order valence-electron chi connectivity index (χ0n) is 5.62. The fourth-order valence-electron chi connectivity index (χ4n) is 0.743. The topological polar surface area (TPSA) is 0 Å². The summed E-state index contributed by atoms with van der Waals surface area (Å²) in [5.74, 6) is -2.01. The van der Waals surface area contributed by atoms with Crippen LogP contribution in [-0.2, 0) is 0 Å². The Labute approximate surface area is 74.3 Å². The van der Waals surface area contributed by atoms with Crippen LogP contribution in [0.15, 0.2) is 16.6 Å². The Balaban J connectivity index is 3.33. The Morgan fingerprint density at radius 1 is 1.08 bits per heavy atom. The van der Waals surface area contributed by atoms with E-state index in [-0.39, 0.29) is 0 Å². The van der Waals surface area contributed by atoms with Crippen LogP contribution in [0.4, 0.5) is 17.6 Å². The molecule has 1 rings (SSSR count). The third kappa shape index (κ3) is 1.60. The summed E-state index contributed by atoms with van der Waals surface area (Å²) in [6, 6.07) is 1.45. The van der Waals surface area contributed by atoms with E-state index in [1.807, 2.05) is 0 Å². The van der Waals surface area contributed by atoms with Gasteiger partial charge in [0.15, 0.2) is 0 Å². The van der Waals surface area contributed by atoms with E-state index >= 15 is 0 Å². The molecule has 0 amide bonds. The largest absolute Gasteiger partial charge is 0.267 e. The van der Waals surface area contributed by atoms with Crippen molar-refractivity contribution in [2.24, 2.45) is 0 Å². The highest BCUT2D eigenvalue weighted by molar-refractivity contribution is 9.10. The Hall–Kier alpha value is -0.580. The van der Waals surface area contributed by atoms with Gasteiger partial charge in [-0.3, -0.25) is 0 Å². The van der Waals surface area contributed by atoms with Crippen LogP contribution in [-0.4, -0.2) is 0 Å². The Morgan fingerprint density at radius 3 is 2.00 bits per heavy atom. The molecular weight excluding hydrogens is 240 g/mol. The Bertz CT molecular complexity index is 298. The van der Waals surface area contributed by atoms with Crippen molar-refractivity contribution in [3.63, 3.8) is 0 Å². The summed E-state index contributed by atoms with van der Waals surface area (Å²) in [6.45, 7) is 0. The van der Waals surface area contributed by atoms with Gasteiger partial charge in [0.05, 0.1) is 10.0 Å². The quantitative estimate of drug-likeness (QED) is 0.521. The zero-order chi connectivity index (χ0) is 9.30. The van der Waals surface area contributed by atoms with Crippen LogP contribution in [0.5, 0.6) is 0 Å². The first-order valence-corrected chi connectivity index (χ1v) is 3.75. The van der Waals surface area contributed by atoms with Gasteiger partial charge in [-0.2, -0.15) is 0 Å². The van der Waals surface area contributed by atoms with E-state index in [2.05, 4.69) is 15.9 Å². The van der Waals surface area contributed by atoms with Crippen molar-refractivity contribution in [1.82, 2.24) is 0 Å². The standard InChI is InChI=1S/C7H3BrF4/c8-6-4(10)2-1-3(9)5(6)7(11)12/h1-2,7H. The van der Waals surface area contributed by atoms with Gasteiger partial charge >= 0.3 is 0 Å². The molecule has 0 unspecified atom stereocenters. The Morgan fingerprint density at radius 2 is 1.58 bits per heavy atom. The van der Waals surface area contributed by atoms with Crippen molar-refractivity contribution < 1.29 is 17.6 Å². The first-order valence-electron chi connectivity index (χ1n) is 2.95. The van der Waals surface area contributed by atoms with Crippen molar-refractivity contribution in [1.29, 1.82) is 0 Å². The number of hydrogen-bond acceptors (Lipinski definition) is 0. The van der Waals surface area contributed by atoms with E-state index < -0.39 is 28.1 Å². The highest BCUT2D eigenvalue weighted by Gasteiger charge is 2.19. The molecule has 1 aromatic rings. The summed E-state index contributed by atoms with van der Waals surface area (Å²) in [7, 11) is 0. The maximum atomic E-state index is 12.6. The van der Waals surface area contributed by atoms with Gasteiger partial charge < -0.3 is 0 Å². The van der Waals surface area contributed by atoms with Gasteiger partial charge in [-0.15, -0.1) is 0 Å². The van der Waals surface area contributed by atoms with Gasteiger partial charge in [0.2, 0.25) is 0 Å². The summed E-state index contributed by atoms with van der Waals surface area (Å²) in [4.78, 5) is 0. The molecule has 66 valence electrons. The number of hydrogen-bond donors (Lipinski definition) is 0. The van der Waals surface area contributed by atoms with E-state index in [1.165, 1.54) is 0 Å². The second-order valence-corrected chi connectivity index (χ2v) is 2.85. The summed E-state index contributed by atoms with van der Waals surface area (Å²) >= 11 is 2.54. The van der Waals surface area contributed by atoms with Crippen molar-refractivity contribution in [2.75, 3.05) is 0 Å². The van der Waals surface area contributed by atoms with Gasteiger partial charge in [-0.05, 0) is 28.1 Å². The molecule has 0 radical (unpaired) electrons. The molecule has 0 spiro atoms. The fraction of sp³-hybridized carbons (Fsp3) is 0.143. The second-order valence-electron chi connectivity index (χ2n) is 2.06. The molecule has 0 nitrogen and oxygen atoms in total. The molecule has 12 heavy (non-hydrogen) atoms. The van der Waals surface area contributed by atoms with Gasteiger partial charge in [0.25, 0.3) is 6.43 Å². The average molecular weight is 243 g/mol. The van der Waals surface area contributed by atoms with E-state index in [0.717, 1.165) is 6.07 Å². The highest BCUT2D eigenvalue weighted by Crippen LogP contribution is 2.31. The molecule has 0 atom stereocenters. The first kappa shape index (κ1) is 9.51. The lowest BCUT2D eigenvalue weighted by molar-refractivity contribution is 0.145. The lowest BCUT2D eigenvalue weighted by Crippen LogP contribution is -1.94. The predicted octanol–water partition coefficient (Wildman–Crippen LogP) is 3.66. The monoisotopic (exact) mass is 242 g/mol. The number of benzene rings is 1. The van der Waals surface area contributed by atoms with Crippen LogP contribution in [0.25, 0.3) is 0 Å². The summed E-state index contributed by atoms with van der Waals surface area (Å²) < 4.78 is 48.7. The minimum atomic E-state index is -3.02. The van der Waals surface area contributed by atoms with Crippen LogP contribution in [0.3, 0.4) is 0 Å². The Kier molecular flexibility index (Phi) is 2.72. The number of rotatable bonds is 1. The molecular formula is C7H3BrF4. The van der Waals surface area contributed by atoms with Crippen LogP contribution < -0.4 is 0 Å². The molecule has 0 fully saturated rings. The molecule has 0 heterocycles. The number of alkyl halides is 2. The molecule has 0 saturated carbocycles. The lowest BCUT2D eigenvalue weighted by atomic mass is 10.2. The molecule has 0 aromatic heterocycles. The zero-order valence-corrected chi connectivity index (χ0v) is 7.21. The maximum absolute atomic E-state index is 12.6. The molecule has 0 aliphatic carbocycles. The number of halogens is 5.